The fourth-order valence-corrected chi connectivity index (χ4v) is 4.85. The molecule has 0 saturated carbocycles. The van der Waals surface area contributed by atoms with Gasteiger partial charge in [-0.25, -0.2) is 4.68 Å². The van der Waals surface area contributed by atoms with Crippen molar-refractivity contribution < 1.29 is 14.2 Å². The molecule has 0 bridgehead atoms. The van der Waals surface area contributed by atoms with Gasteiger partial charge in [0.2, 0.25) is 5.75 Å². The van der Waals surface area contributed by atoms with E-state index in [9.17, 15) is 0 Å². The molecule has 34 heavy (non-hydrogen) atoms. The molecule has 4 aromatic rings. The molecule has 178 valence electrons. The minimum atomic E-state index is 0.524. The van der Waals surface area contributed by atoms with Gasteiger partial charge in [-0.15, -0.1) is 16.4 Å². The van der Waals surface area contributed by atoms with E-state index in [0.29, 0.717) is 41.8 Å². The van der Waals surface area contributed by atoms with Crippen LogP contribution in [0.25, 0.3) is 10.7 Å². The van der Waals surface area contributed by atoms with Crippen LogP contribution in [-0.4, -0.2) is 47.6 Å². The van der Waals surface area contributed by atoms with Gasteiger partial charge in [-0.2, -0.15) is 0 Å². The van der Waals surface area contributed by atoms with Crippen LogP contribution in [0, 0.1) is 4.77 Å². The Kier molecular flexibility index (Phi) is 7.66. The van der Waals surface area contributed by atoms with Gasteiger partial charge in [0, 0.05) is 12.1 Å². The van der Waals surface area contributed by atoms with Crippen molar-refractivity contribution in [2.45, 2.75) is 19.8 Å². The lowest BCUT2D eigenvalue weighted by atomic mass is 10.1. The van der Waals surface area contributed by atoms with Crippen LogP contribution in [-0.2, 0) is 19.8 Å². The number of methoxy groups -OCH3 is 3. The molecule has 0 radical (unpaired) electrons. The molecule has 0 fully saturated rings. The topological polar surface area (TPSA) is 53.7 Å². The van der Waals surface area contributed by atoms with Gasteiger partial charge in [-0.3, -0.25) is 9.47 Å². The molecule has 0 aliphatic rings. The Labute approximate surface area is 208 Å². The van der Waals surface area contributed by atoms with Crippen molar-refractivity contribution in [3.63, 3.8) is 0 Å². The largest absolute Gasteiger partial charge is 0.493 e. The van der Waals surface area contributed by atoms with Crippen molar-refractivity contribution in [3.8, 4) is 28.0 Å². The van der Waals surface area contributed by atoms with Crippen molar-refractivity contribution in [1.29, 1.82) is 0 Å². The van der Waals surface area contributed by atoms with Crippen LogP contribution in [0.15, 0.2) is 60.0 Å². The molecule has 0 aliphatic heterocycles. The molecule has 2 aromatic carbocycles. The minimum absolute atomic E-state index is 0.524. The second-order valence-electron chi connectivity index (χ2n) is 7.80. The molecule has 0 saturated heterocycles. The molecule has 2 aromatic heterocycles. The Bertz CT molecular complexity index is 1280. The summed E-state index contributed by atoms with van der Waals surface area (Å²) in [6, 6.07) is 18.3. The summed E-state index contributed by atoms with van der Waals surface area (Å²) in [5.74, 6) is 2.75. The summed E-state index contributed by atoms with van der Waals surface area (Å²) in [6.07, 6.45) is 0. The fraction of sp³-hybridized carbons (Fsp3) is 0.280. The highest BCUT2D eigenvalue weighted by Gasteiger charge is 2.19. The molecule has 0 aliphatic carbocycles. The van der Waals surface area contributed by atoms with Gasteiger partial charge in [-0.05, 0) is 42.3 Å². The number of hydrogen-bond donors (Lipinski definition) is 0. The molecule has 9 heteroatoms. The van der Waals surface area contributed by atoms with Crippen LogP contribution in [0.2, 0.25) is 0 Å². The minimum Gasteiger partial charge on any atom is -0.493 e. The van der Waals surface area contributed by atoms with Gasteiger partial charge < -0.3 is 14.2 Å². The molecule has 0 atom stereocenters. The first-order valence-electron chi connectivity index (χ1n) is 10.8. The van der Waals surface area contributed by atoms with Gasteiger partial charge in [0.15, 0.2) is 22.1 Å². The maximum atomic E-state index is 5.87. The van der Waals surface area contributed by atoms with E-state index >= 15 is 0 Å². The second kappa shape index (κ2) is 10.9. The molecule has 2 heterocycles. The van der Waals surface area contributed by atoms with Crippen LogP contribution in [0.4, 0.5) is 0 Å². The average Bonchev–Trinajstić information content (AvgIpc) is 3.49. The third-order valence-corrected chi connectivity index (χ3v) is 6.75. The first kappa shape index (κ1) is 24.0. The Hall–Kier alpha value is -3.14. The number of ether oxygens (including phenoxy) is 3. The lowest BCUT2D eigenvalue weighted by molar-refractivity contribution is 0.238. The highest BCUT2D eigenvalue weighted by molar-refractivity contribution is 7.71. The molecular weight excluding hydrogens is 468 g/mol. The maximum Gasteiger partial charge on any atom is 0.203 e. The second-order valence-corrected chi connectivity index (χ2v) is 9.12. The van der Waals surface area contributed by atoms with Crippen molar-refractivity contribution in [2.75, 3.05) is 28.4 Å². The van der Waals surface area contributed by atoms with E-state index in [4.69, 9.17) is 31.5 Å². The number of nitrogens with zero attached hydrogens (tertiary/aromatic N) is 4. The van der Waals surface area contributed by atoms with Gasteiger partial charge in [0.05, 0.1) is 39.4 Å². The number of rotatable bonds is 10. The van der Waals surface area contributed by atoms with Crippen molar-refractivity contribution in [1.82, 2.24) is 19.2 Å². The molecular formula is C25H28N4O3S2. The summed E-state index contributed by atoms with van der Waals surface area (Å²) in [5, 5.41) is 6.96. The van der Waals surface area contributed by atoms with E-state index in [2.05, 4.69) is 33.0 Å². The molecule has 0 amide bonds. The van der Waals surface area contributed by atoms with E-state index in [-0.39, 0.29) is 0 Å². The van der Waals surface area contributed by atoms with E-state index < -0.39 is 0 Å². The van der Waals surface area contributed by atoms with Gasteiger partial charge in [0.1, 0.15) is 0 Å². The lowest BCUT2D eigenvalue weighted by Crippen LogP contribution is -2.23. The third-order valence-electron chi connectivity index (χ3n) is 5.45. The standard InChI is InChI=1S/C25H28N4O3S2/c1-27(16-19-12-13-20(30-2)23(32-4)22(19)31-3)17-29-25(33)28(15-18-9-6-5-7-10-18)24(26-29)21-11-8-14-34-21/h5-14H,15-17H2,1-4H3. The number of hydrogen-bond acceptors (Lipinski definition) is 7. The molecule has 0 spiro atoms. The fourth-order valence-electron chi connectivity index (χ4n) is 3.89. The van der Waals surface area contributed by atoms with Crippen LogP contribution >= 0.6 is 23.6 Å². The Balaban J connectivity index is 1.62. The average molecular weight is 497 g/mol. The van der Waals surface area contributed by atoms with Crippen LogP contribution in [0.3, 0.4) is 0 Å². The summed E-state index contributed by atoms with van der Waals surface area (Å²) < 4.78 is 21.2. The van der Waals surface area contributed by atoms with Gasteiger partial charge in [0.25, 0.3) is 0 Å². The number of benzene rings is 2. The van der Waals surface area contributed by atoms with Crippen LogP contribution < -0.4 is 14.2 Å². The van der Waals surface area contributed by atoms with Crippen LogP contribution in [0.5, 0.6) is 17.2 Å². The van der Waals surface area contributed by atoms with E-state index in [1.54, 1.807) is 32.7 Å². The smallest absolute Gasteiger partial charge is 0.203 e. The highest BCUT2D eigenvalue weighted by Crippen LogP contribution is 2.40. The van der Waals surface area contributed by atoms with Crippen LogP contribution in [0.1, 0.15) is 11.1 Å². The van der Waals surface area contributed by atoms with E-state index in [1.807, 2.05) is 48.1 Å². The maximum absolute atomic E-state index is 5.87. The summed E-state index contributed by atoms with van der Waals surface area (Å²) in [7, 11) is 6.88. The van der Waals surface area contributed by atoms with E-state index in [0.717, 1.165) is 16.3 Å². The molecule has 0 N–H and O–H groups in total. The van der Waals surface area contributed by atoms with Gasteiger partial charge >= 0.3 is 0 Å². The summed E-state index contributed by atoms with van der Waals surface area (Å²) in [4.78, 5) is 3.22. The summed E-state index contributed by atoms with van der Waals surface area (Å²) >= 11 is 7.53. The Morgan fingerprint density at radius 1 is 0.941 bits per heavy atom. The zero-order chi connectivity index (χ0) is 24.1. The highest BCUT2D eigenvalue weighted by atomic mass is 32.1. The lowest BCUT2D eigenvalue weighted by Gasteiger charge is -2.20. The predicted octanol–water partition coefficient (Wildman–Crippen LogP) is 5.31. The zero-order valence-corrected chi connectivity index (χ0v) is 21.4. The first-order valence-corrected chi connectivity index (χ1v) is 12.1. The predicted molar refractivity (Wildman–Crippen MR) is 137 cm³/mol. The third kappa shape index (κ3) is 5.01. The first-order chi connectivity index (χ1) is 16.5. The SMILES string of the molecule is COc1ccc(CN(C)Cn2nc(-c3cccs3)n(Cc3ccccc3)c2=S)c(OC)c1OC. The normalized spacial score (nSPS) is 11.1. The Morgan fingerprint density at radius 2 is 1.71 bits per heavy atom. The molecule has 0 unspecified atom stereocenters. The van der Waals surface area contributed by atoms with E-state index in [1.165, 1.54) is 5.56 Å². The van der Waals surface area contributed by atoms with Crippen molar-refractivity contribution in [3.05, 3.63) is 75.9 Å². The number of aromatic nitrogens is 3. The van der Waals surface area contributed by atoms with Crippen molar-refractivity contribution >= 4 is 23.6 Å². The molecule has 7 nitrogen and oxygen atoms in total. The van der Waals surface area contributed by atoms with Gasteiger partial charge in [-0.1, -0.05) is 42.5 Å². The summed E-state index contributed by atoms with van der Waals surface area (Å²) in [6.45, 7) is 1.81. The zero-order valence-electron chi connectivity index (χ0n) is 19.7. The van der Waals surface area contributed by atoms with Crippen molar-refractivity contribution in [2.24, 2.45) is 0 Å². The quantitative estimate of drug-likeness (QED) is 0.278. The summed E-state index contributed by atoms with van der Waals surface area (Å²) in [5.41, 5.74) is 2.16. The number of thiophene rings is 1. The Morgan fingerprint density at radius 3 is 2.35 bits per heavy atom. The monoisotopic (exact) mass is 496 g/mol. The molecule has 4 rings (SSSR count).